The van der Waals surface area contributed by atoms with Crippen LogP contribution in [0.3, 0.4) is 0 Å². The number of carboxylic acids is 1. The van der Waals surface area contributed by atoms with Crippen molar-refractivity contribution in [2.45, 2.75) is 25.3 Å². The number of benzene rings is 1. The Morgan fingerprint density at radius 3 is 2.85 bits per heavy atom. The van der Waals surface area contributed by atoms with Gasteiger partial charge in [-0.05, 0) is 43.0 Å². The third kappa shape index (κ3) is 3.72. The number of rotatable bonds is 4. The van der Waals surface area contributed by atoms with Gasteiger partial charge in [0.2, 0.25) is 5.75 Å². The molecule has 1 aliphatic carbocycles. The number of nitriles is 1. The Labute approximate surface area is 193 Å². The predicted octanol–water partition coefficient (Wildman–Crippen LogP) is 3.87. The van der Waals surface area contributed by atoms with Gasteiger partial charge in [0.25, 0.3) is 5.56 Å². The number of ether oxygens (including phenoxy) is 1. The summed E-state index contributed by atoms with van der Waals surface area (Å²) in [4.78, 5) is 28.1. The summed E-state index contributed by atoms with van der Waals surface area (Å²) in [6, 6.07) is 8.85. The summed E-state index contributed by atoms with van der Waals surface area (Å²) < 4.78 is 7.42. The topological polar surface area (TPSA) is 129 Å². The lowest BCUT2D eigenvalue weighted by Crippen LogP contribution is -2.23. The average Bonchev–Trinajstić information content (AvgIpc) is 3.63. The number of aromatic carboxylic acids is 1. The number of pyridine rings is 2. The molecule has 0 bridgehead atoms. The van der Waals surface area contributed by atoms with Crippen LogP contribution in [0, 0.1) is 17.2 Å². The van der Waals surface area contributed by atoms with Crippen molar-refractivity contribution in [3.63, 3.8) is 0 Å². The molecule has 168 valence electrons. The molecule has 1 saturated carbocycles. The lowest BCUT2D eigenvalue weighted by atomic mass is 10.1. The van der Waals surface area contributed by atoms with E-state index in [-0.39, 0.29) is 33.7 Å². The first-order valence-electron chi connectivity index (χ1n) is 10.5. The van der Waals surface area contributed by atoms with Gasteiger partial charge in [0.05, 0.1) is 23.5 Å². The molecule has 1 fully saturated rings. The van der Waals surface area contributed by atoms with Crippen molar-refractivity contribution in [3.05, 3.63) is 51.0 Å². The molecule has 9 nitrogen and oxygen atoms in total. The number of anilines is 3. The standard InChI is InChI=1S/C23H20ClN5O4/c1-29-18-5-4-12(26-16-9-17(23(31)32)28-21(24)14(16)10-25)8-13(18)19-20(22(29)30)33-7-6-15(27-19)11-2-3-11/h4-5,8-9,11,15,27H,2-3,6-7H2,1H3,(H,26,28)(H,31,32). The zero-order valence-electron chi connectivity index (χ0n) is 17.7. The molecule has 3 aromatic rings. The van der Waals surface area contributed by atoms with Crippen molar-refractivity contribution in [2.24, 2.45) is 13.0 Å². The minimum Gasteiger partial charge on any atom is -0.486 e. The Morgan fingerprint density at radius 1 is 1.36 bits per heavy atom. The fraction of sp³-hybridized carbons (Fsp3) is 0.304. The van der Waals surface area contributed by atoms with Gasteiger partial charge in [-0.15, -0.1) is 0 Å². The van der Waals surface area contributed by atoms with Crippen molar-refractivity contribution in [3.8, 4) is 11.8 Å². The molecule has 3 heterocycles. The maximum Gasteiger partial charge on any atom is 0.354 e. The molecule has 33 heavy (non-hydrogen) atoms. The van der Waals surface area contributed by atoms with Crippen molar-refractivity contribution >= 4 is 45.5 Å². The molecule has 10 heteroatoms. The van der Waals surface area contributed by atoms with Gasteiger partial charge in [-0.25, -0.2) is 9.78 Å². The molecule has 1 unspecified atom stereocenters. The molecule has 3 N–H and O–H groups in total. The molecule has 0 amide bonds. The van der Waals surface area contributed by atoms with Crippen LogP contribution in [0.5, 0.6) is 5.75 Å². The van der Waals surface area contributed by atoms with E-state index in [0.717, 1.165) is 30.2 Å². The van der Waals surface area contributed by atoms with E-state index >= 15 is 0 Å². The zero-order chi connectivity index (χ0) is 23.3. The Bertz CT molecular complexity index is 1410. The summed E-state index contributed by atoms with van der Waals surface area (Å²) in [6.07, 6.45) is 3.14. The Kier molecular flexibility index (Phi) is 5.10. The second-order valence-corrected chi connectivity index (χ2v) is 8.65. The molecule has 2 aromatic heterocycles. The van der Waals surface area contributed by atoms with Gasteiger partial charge in [0, 0.05) is 30.6 Å². The molecule has 0 spiro atoms. The van der Waals surface area contributed by atoms with Crippen LogP contribution in [-0.2, 0) is 7.05 Å². The van der Waals surface area contributed by atoms with Crippen LogP contribution >= 0.6 is 11.6 Å². The lowest BCUT2D eigenvalue weighted by molar-refractivity contribution is 0.0690. The van der Waals surface area contributed by atoms with E-state index < -0.39 is 5.97 Å². The van der Waals surface area contributed by atoms with Gasteiger partial charge >= 0.3 is 5.97 Å². The number of aromatic nitrogens is 2. The van der Waals surface area contributed by atoms with Crippen molar-refractivity contribution in [2.75, 3.05) is 17.2 Å². The summed E-state index contributed by atoms with van der Waals surface area (Å²) in [5.41, 5.74) is 1.75. The predicted molar refractivity (Wildman–Crippen MR) is 124 cm³/mol. The molecule has 1 atom stereocenters. The second-order valence-electron chi connectivity index (χ2n) is 8.29. The number of aryl methyl sites for hydroxylation is 1. The molecule has 5 rings (SSSR count). The molecule has 1 aliphatic heterocycles. The van der Waals surface area contributed by atoms with Crippen molar-refractivity contribution in [1.82, 2.24) is 9.55 Å². The second kappa shape index (κ2) is 7.98. The fourth-order valence-electron chi connectivity index (χ4n) is 4.26. The Hall–Kier alpha value is -3.77. The van der Waals surface area contributed by atoms with E-state index in [0.29, 0.717) is 29.6 Å². The average molecular weight is 466 g/mol. The van der Waals surface area contributed by atoms with Gasteiger partial charge in [-0.2, -0.15) is 5.26 Å². The number of halogens is 1. The van der Waals surface area contributed by atoms with E-state index in [1.165, 1.54) is 6.07 Å². The summed E-state index contributed by atoms with van der Waals surface area (Å²) in [6.45, 7) is 0.471. The number of fused-ring (bicyclic) bond motifs is 3. The lowest BCUT2D eigenvalue weighted by Gasteiger charge is -2.19. The Balaban J connectivity index is 1.64. The first kappa shape index (κ1) is 21.1. The first-order valence-corrected chi connectivity index (χ1v) is 10.9. The smallest absolute Gasteiger partial charge is 0.354 e. The van der Waals surface area contributed by atoms with E-state index in [9.17, 15) is 20.0 Å². The van der Waals surface area contributed by atoms with Crippen LogP contribution < -0.4 is 20.9 Å². The summed E-state index contributed by atoms with van der Waals surface area (Å²) >= 11 is 6.04. The van der Waals surface area contributed by atoms with Crippen molar-refractivity contribution < 1.29 is 14.6 Å². The molecule has 0 saturated heterocycles. The van der Waals surface area contributed by atoms with Crippen LogP contribution in [0.1, 0.15) is 35.3 Å². The number of carbonyl (C=O) groups is 1. The van der Waals surface area contributed by atoms with Crippen LogP contribution in [0.15, 0.2) is 29.1 Å². The van der Waals surface area contributed by atoms with E-state index in [1.54, 1.807) is 23.7 Å². The Morgan fingerprint density at radius 2 is 2.15 bits per heavy atom. The third-order valence-corrected chi connectivity index (χ3v) is 6.41. The fourth-order valence-corrected chi connectivity index (χ4v) is 4.49. The highest BCUT2D eigenvalue weighted by Crippen LogP contribution is 2.41. The summed E-state index contributed by atoms with van der Waals surface area (Å²) in [5, 5.41) is 26.0. The number of nitrogens with one attached hydrogen (secondary N) is 2. The van der Waals surface area contributed by atoms with Gasteiger partial charge in [0.1, 0.15) is 16.8 Å². The minimum absolute atomic E-state index is 0.0382. The molecule has 2 aliphatic rings. The van der Waals surface area contributed by atoms with Gasteiger partial charge in [-0.3, -0.25) is 4.79 Å². The highest BCUT2D eigenvalue weighted by atomic mass is 35.5. The normalized spacial score (nSPS) is 17.3. The number of hydrogen-bond donors (Lipinski definition) is 3. The number of nitrogens with zero attached hydrogens (tertiary/aromatic N) is 3. The monoisotopic (exact) mass is 465 g/mol. The first-order chi connectivity index (χ1) is 15.9. The van der Waals surface area contributed by atoms with Crippen molar-refractivity contribution in [1.29, 1.82) is 5.26 Å². The molecular weight excluding hydrogens is 446 g/mol. The molecule has 0 radical (unpaired) electrons. The quantitative estimate of drug-likeness (QED) is 0.495. The zero-order valence-corrected chi connectivity index (χ0v) is 18.4. The van der Waals surface area contributed by atoms with Gasteiger partial charge in [0.15, 0.2) is 5.69 Å². The van der Waals surface area contributed by atoms with E-state index in [2.05, 4.69) is 15.6 Å². The number of carboxylic acid groups (broad SMARTS) is 1. The maximum absolute atomic E-state index is 12.9. The van der Waals surface area contributed by atoms with Gasteiger partial charge < -0.3 is 25.0 Å². The van der Waals surface area contributed by atoms with Crippen LogP contribution in [0.4, 0.5) is 17.1 Å². The maximum atomic E-state index is 12.9. The van der Waals surface area contributed by atoms with E-state index in [4.69, 9.17) is 16.3 Å². The van der Waals surface area contributed by atoms with Crippen LogP contribution in [-0.4, -0.2) is 33.3 Å². The van der Waals surface area contributed by atoms with Gasteiger partial charge in [-0.1, -0.05) is 11.6 Å². The van der Waals surface area contributed by atoms with Crippen LogP contribution in [0.2, 0.25) is 5.15 Å². The number of hydrogen-bond acceptors (Lipinski definition) is 7. The highest BCUT2D eigenvalue weighted by molar-refractivity contribution is 6.31. The minimum atomic E-state index is -1.25. The molecular formula is C23H20ClN5O4. The summed E-state index contributed by atoms with van der Waals surface area (Å²) in [5.74, 6) is -0.384. The molecule has 1 aromatic carbocycles. The highest BCUT2D eigenvalue weighted by Gasteiger charge is 2.34. The SMILES string of the molecule is Cn1c(=O)c2c(c3cc(Nc4cc(C(=O)O)nc(Cl)c4C#N)ccc31)NC(C1CC1)CCO2. The van der Waals surface area contributed by atoms with E-state index in [1.807, 2.05) is 12.1 Å². The largest absolute Gasteiger partial charge is 0.486 e. The summed E-state index contributed by atoms with van der Waals surface area (Å²) in [7, 11) is 1.69. The third-order valence-electron chi connectivity index (χ3n) is 6.13. The van der Waals surface area contributed by atoms with Crippen LogP contribution in [0.25, 0.3) is 10.9 Å².